The van der Waals surface area contributed by atoms with Crippen molar-refractivity contribution in [2.24, 2.45) is 0 Å². The maximum atomic E-state index is 12.1. The Morgan fingerprint density at radius 3 is 2.65 bits per heavy atom. The first-order valence-corrected chi connectivity index (χ1v) is 7.32. The molecule has 4 nitrogen and oxygen atoms in total. The molecule has 1 atom stereocenters. The topological polar surface area (TPSA) is 52.6 Å². The van der Waals surface area contributed by atoms with Gasteiger partial charge in [0, 0.05) is 31.7 Å². The van der Waals surface area contributed by atoms with Gasteiger partial charge < -0.3 is 15.3 Å². The molecule has 1 aliphatic heterocycles. The van der Waals surface area contributed by atoms with Crippen molar-refractivity contribution < 1.29 is 9.90 Å². The molecule has 0 saturated carbocycles. The van der Waals surface area contributed by atoms with E-state index >= 15 is 0 Å². The van der Waals surface area contributed by atoms with Gasteiger partial charge in [-0.25, -0.2) is 0 Å². The predicted molar refractivity (Wildman–Crippen MR) is 80.7 cm³/mol. The zero-order valence-electron chi connectivity index (χ0n) is 12.5. The van der Waals surface area contributed by atoms with E-state index in [1.54, 1.807) is 4.90 Å². The molecule has 110 valence electrons. The maximum Gasteiger partial charge on any atom is 0.228 e. The van der Waals surface area contributed by atoms with Gasteiger partial charge in [-0.15, -0.1) is 0 Å². The Hall–Kier alpha value is -1.39. The van der Waals surface area contributed by atoms with Gasteiger partial charge in [-0.2, -0.15) is 0 Å². The van der Waals surface area contributed by atoms with E-state index in [2.05, 4.69) is 5.32 Å². The Labute approximate surface area is 120 Å². The molecule has 0 aromatic heterocycles. The number of aliphatic hydroxyl groups is 1. The average Bonchev–Trinajstić information content (AvgIpc) is 2.49. The molecular formula is C16H24N2O2. The normalized spacial score (nSPS) is 19.1. The van der Waals surface area contributed by atoms with Gasteiger partial charge in [0.25, 0.3) is 0 Å². The van der Waals surface area contributed by atoms with Crippen molar-refractivity contribution in [1.82, 2.24) is 5.32 Å². The summed E-state index contributed by atoms with van der Waals surface area (Å²) in [5.41, 5.74) is 1.39. The van der Waals surface area contributed by atoms with Crippen molar-refractivity contribution in [3.05, 3.63) is 29.8 Å². The molecule has 1 amide bonds. The number of carbonyl (C=O) groups is 1. The molecule has 2 N–H and O–H groups in total. The van der Waals surface area contributed by atoms with Gasteiger partial charge in [-0.05, 0) is 24.5 Å². The number of hydrogen-bond acceptors (Lipinski definition) is 3. The second-order valence-corrected chi connectivity index (χ2v) is 5.58. The predicted octanol–water partition coefficient (Wildman–Crippen LogP) is 2.23. The van der Waals surface area contributed by atoms with Crippen molar-refractivity contribution in [3.8, 4) is 0 Å². The summed E-state index contributed by atoms with van der Waals surface area (Å²) < 4.78 is 0. The number of para-hydroxylation sites is 1. The molecule has 0 fully saturated rings. The number of amides is 1. The standard InChI is InChI=1S/C16H24N2O2/c1-4-16(20,5-2)11-17-13-10-15(19)18(3)14-9-7-6-8-12(13)14/h6-9,13,17,20H,4-5,10-11H2,1-3H3. The highest BCUT2D eigenvalue weighted by molar-refractivity contribution is 5.96. The molecule has 2 rings (SSSR count). The van der Waals surface area contributed by atoms with Crippen LogP contribution in [0, 0.1) is 0 Å². The quantitative estimate of drug-likeness (QED) is 0.867. The number of hydrogen-bond donors (Lipinski definition) is 2. The zero-order valence-corrected chi connectivity index (χ0v) is 12.5. The fourth-order valence-corrected chi connectivity index (χ4v) is 2.64. The summed E-state index contributed by atoms with van der Waals surface area (Å²) in [5.74, 6) is 0.109. The zero-order chi connectivity index (χ0) is 14.8. The van der Waals surface area contributed by atoms with E-state index in [4.69, 9.17) is 0 Å². The highest BCUT2D eigenvalue weighted by Crippen LogP contribution is 2.33. The lowest BCUT2D eigenvalue weighted by atomic mass is 9.93. The molecule has 0 radical (unpaired) electrons. The number of carbonyl (C=O) groups excluding carboxylic acids is 1. The van der Waals surface area contributed by atoms with Crippen LogP contribution in [0.3, 0.4) is 0 Å². The van der Waals surface area contributed by atoms with E-state index in [9.17, 15) is 9.90 Å². The molecule has 1 aliphatic rings. The minimum atomic E-state index is -0.693. The maximum absolute atomic E-state index is 12.1. The molecule has 0 saturated heterocycles. The number of rotatable bonds is 5. The summed E-state index contributed by atoms with van der Waals surface area (Å²) in [6.07, 6.45) is 1.86. The minimum absolute atomic E-state index is 0.0143. The first kappa shape index (κ1) is 15.0. The fourth-order valence-electron chi connectivity index (χ4n) is 2.64. The number of fused-ring (bicyclic) bond motifs is 1. The summed E-state index contributed by atoms with van der Waals surface area (Å²) in [7, 11) is 1.81. The Morgan fingerprint density at radius 1 is 1.35 bits per heavy atom. The Bertz CT molecular complexity index is 483. The van der Waals surface area contributed by atoms with Crippen LogP contribution in [0.4, 0.5) is 5.69 Å². The van der Waals surface area contributed by atoms with Crippen LogP contribution >= 0.6 is 0 Å². The summed E-state index contributed by atoms with van der Waals surface area (Å²) >= 11 is 0. The van der Waals surface area contributed by atoms with Gasteiger partial charge in [-0.1, -0.05) is 32.0 Å². The van der Waals surface area contributed by atoms with E-state index in [1.807, 2.05) is 45.2 Å². The van der Waals surface area contributed by atoms with Crippen LogP contribution in [-0.4, -0.2) is 30.2 Å². The van der Waals surface area contributed by atoms with Crippen molar-refractivity contribution >= 4 is 11.6 Å². The van der Waals surface area contributed by atoms with Crippen LogP contribution in [-0.2, 0) is 4.79 Å². The summed E-state index contributed by atoms with van der Waals surface area (Å²) in [5, 5.41) is 13.7. The third kappa shape index (κ3) is 2.86. The largest absolute Gasteiger partial charge is 0.389 e. The van der Waals surface area contributed by atoms with Gasteiger partial charge in [0.1, 0.15) is 0 Å². The van der Waals surface area contributed by atoms with E-state index in [-0.39, 0.29) is 11.9 Å². The van der Waals surface area contributed by atoms with Gasteiger partial charge >= 0.3 is 0 Å². The monoisotopic (exact) mass is 276 g/mol. The van der Waals surface area contributed by atoms with Crippen LogP contribution in [0.5, 0.6) is 0 Å². The van der Waals surface area contributed by atoms with Gasteiger partial charge in [0.05, 0.1) is 5.60 Å². The van der Waals surface area contributed by atoms with E-state index in [0.717, 1.165) is 11.3 Å². The second kappa shape index (κ2) is 5.94. The van der Waals surface area contributed by atoms with Gasteiger partial charge in [-0.3, -0.25) is 4.79 Å². The number of anilines is 1. The van der Waals surface area contributed by atoms with Gasteiger partial charge in [0.2, 0.25) is 5.91 Å². The molecule has 1 aromatic carbocycles. The van der Waals surface area contributed by atoms with Crippen LogP contribution in [0.2, 0.25) is 0 Å². The molecular weight excluding hydrogens is 252 g/mol. The van der Waals surface area contributed by atoms with Crippen LogP contribution in [0.1, 0.15) is 44.7 Å². The van der Waals surface area contributed by atoms with Crippen molar-refractivity contribution in [2.75, 3.05) is 18.5 Å². The smallest absolute Gasteiger partial charge is 0.228 e. The molecule has 0 aliphatic carbocycles. The first-order valence-electron chi connectivity index (χ1n) is 7.32. The Balaban J connectivity index is 2.17. The molecule has 20 heavy (non-hydrogen) atoms. The van der Waals surface area contributed by atoms with Crippen LogP contribution < -0.4 is 10.2 Å². The summed E-state index contributed by atoms with van der Waals surface area (Å²) in [6.45, 7) is 4.48. The minimum Gasteiger partial charge on any atom is -0.389 e. The highest BCUT2D eigenvalue weighted by Gasteiger charge is 2.30. The Kier molecular flexibility index (Phi) is 4.45. The molecule has 1 aromatic rings. The van der Waals surface area contributed by atoms with Crippen molar-refractivity contribution in [3.63, 3.8) is 0 Å². The first-order chi connectivity index (χ1) is 9.50. The number of benzene rings is 1. The molecule has 1 unspecified atom stereocenters. The summed E-state index contributed by atoms with van der Waals surface area (Å²) in [6, 6.07) is 7.93. The third-order valence-electron chi connectivity index (χ3n) is 4.42. The van der Waals surface area contributed by atoms with Crippen LogP contribution in [0.15, 0.2) is 24.3 Å². The lowest BCUT2D eigenvalue weighted by Gasteiger charge is -2.34. The third-order valence-corrected chi connectivity index (χ3v) is 4.42. The van der Waals surface area contributed by atoms with Crippen molar-refractivity contribution in [1.29, 1.82) is 0 Å². The average molecular weight is 276 g/mol. The van der Waals surface area contributed by atoms with Gasteiger partial charge in [0.15, 0.2) is 0 Å². The van der Waals surface area contributed by atoms with E-state index < -0.39 is 5.60 Å². The van der Waals surface area contributed by atoms with E-state index in [1.165, 1.54) is 0 Å². The SMILES string of the molecule is CCC(O)(CC)CNC1CC(=O)N(C)c2ccccc21. The molecule has 0 spiro atoms. The molecule has 1 heterocycles. The van der Waals surface area contributed by atoms with Crippen LogP contribution in [0.25, 0.3) is 0 Å². The Morgan fingerprint density at radius 2 is 2.00 bits per heavy atom. The highest BCUT2D eigenvalue weighted by atomic mass is 16.3. The molecule has 0 bridgehead atoms. The molecule has 4 heteroatoms. The summed E-state index contributed by atoms with van der Waals surface area (Å²) in [4.78, 5) is 13.8. The van der Waals surface area contributed by atoms with E-state index in [0.29, 0.717) is 25.8 Å². The van der Waals surface area contributed by atoms with Crippen molar-refractivity contribution in [2.45, 2.75) is 44.8 Å². The lowest BCUT2D eigenvalue weighted by molar-refractivity contribution is -0.119. The fraction of sp³-hybridized carbons (Fsp3) is 0.562. The number of nitrogens with one attached hydrogen (secondary N) is 1. The number of nitrogens with zero attached hydrogens (tertiary/aromatic N) is 1. The lowest BCUT2D eigenvalue weighted by Crippen LogP contribution is -2.44. The second-order valence-electron chi connectivity index (χ2n) is 5.58.